The normalized spacial score (nSPS) is 16.0. The summed E-state index contributed by atoms with van der Waals surface area (Å²) in [5, 5.41) is 3.29. The van der Waals surface area contributed by atoms with Crippen molar-refractivity contribution in [3.05, 3.63) is 66.0 Å². The largest absolute Gasteiger partial charge is 0.462 e. The molecule has 25 heavy (non-hydrogen) atoms. The van der Waals surface area contributed by atoms with Gasteiger partial charge in [0.05, 0.1) is 35.1 Å². The summed E-state index contributed by atoms with van der Waals surface area (Å²) >= 11 is 0. The standard InChI is InChI=1S/C20H17N3O2/c1-13(16-9-10-25-20(16)24)22-15-6-4-5-14(11-15)19-12-21-17-7-2-3-8-18(17)23-19/h2-8,11-12,22H,9-10H2,1H3/b16-13+. The van der Waals surface area contributed by atoms with Gasteiger partial charge in [0.15, 0.2) is 0 Å². The molecule has 1 aromatic heterocycles. The molecular weight excluding hydrogens is 314 g/mol. The summed E-state index contributed by atoms with van der Waals surface area (Å²) in [6, 6.07) is 15.7. The third-order valence-corrected chi connectivity index (χ3v) is 4.22. The van der Waals surface area contributed by atoms with Crippen LogP contribution in [0.4, 0.5) is 5.69 Å². The summed E-state index contributed by atoms with van der Waals surface area (Å²) in [6.45, 7) is 2.35. The Balaban J connectivity index is 1.65. The quantitative estimate of drug-likeness (QED) is 0.582. The molecule has 1 N–H and O–H groups in total. The van der Waals surface area contributed by atoms with Crippen molar-refractivity contribution in [3.63, 3.8) is 0 Å². The number of nitrogens with zero attached hydrogens (tertiary/aromatic N) is 2. The molecule has 1 fully saturated rings. The van der Waals surface area contributed by atoms with Crippen LogP contribution in [0.3, 0.4) is 0 Å². The number of para-hydroxylation sites is 2. The van der Waals surface area contributed by atoms with Crippen LogP contribution in [0.1, 0.15) is 13.3 Å². The van der Waals surface area contributed by atoms with Gasteiger partial charge in [-0.25, -0.2) is 9.78 Å². The number of anilines is 1. The first-order valence-corrected chi connectivity index (χ1v) is 8.17. The maximum absolute atomic E-state index is 11.7. The van der Waals surface area contributed by atoms with Gasteiger partial charge in [0.1, 0.15) is 0 Å². The Morgan fingerprint density at radius 1 is 1.12 bits per heavy atom. The van der Waals surface area contributed by atoms with Gasteiger partial charge in [-0.15, -0.1) is 0 Å². The van der Waals surface area contributed by atoms with Gasteiger partial charge in [0, 0.05) is 23.4 Å². The molecule has 5 nitrogen and oxygen atoms in total. The van der Waals surface area contributed by atoms with Crippen molar-refractivity contribution in [1.29, 1.82) is 0 Å². The van der Waals surface area contributed by atoms with E-state index < -0.39 is 0 Å². The van der Waals surface area contributed by atoms with Crippen LogP contribution in [-0.2, 0) is 9.53 Å². The second-order valence-corrected chi connectivity index (χ2v) is 5.94. The van der Waals surface area contributed by atoms with E-state index in [-0.39, 0.29) is 5.97 Å². The number of benzene rings is 2. The van der Waals surface area contributed by atoms with E-state index in [0.717, 1.165) is 33.7 Å². The number of hydrogen-bond acceptors (Lipinski definition) is 5. The van der Waals surface area contributed by atoms with Crippen molar-refractivity contribution in [2.24, 2.45) is 0 Å². The number of cyclic esters (lactones) is 1. The predicted octanol–water partition coefficient (Wildman–Crippen LogP) is 3.93. The highest BCUT2D eigenvalue weighted by atomic mass is 16.5. The van der Waals surface area contributed by atoms with E-state index in [9.17, 15) is 4.79 Å². The van der Waals surface area contributed by atoms with Gasteiger partial charge >= 0.3 is 5.97 Å². The fourth-order valence-corrected chi connectivity index (χ4v) is 2.92. The predicted molar refractivity (Wildman–Crippen MR) is 96.9 cm³/mol. The van der Waals surface area contributed by atoms with Crippen LogP contribution in [0.25, 0.3) is 22.3 Å². The average Bonchev–Trinajstić information content (AvgIpc) is 3.07. The van der Waals surface area contributed by atoms with Crippen LogP contribution < -0.4 is 5.32 Å². The van der Waals surface area contributed by atoms with E-state index in [0.29, 0.717) is 18.6 Å². The summed E-state index contributed by atoms with van der Waals surface area (Å²) in [7, 11) is 0. The second-order valence-electron chi connectivity index (χ2n) is 5.94. The molecule has 5 heteroatoms. The number of ether oxygens (including phenoxy) is 1. The van der Waals surface area contributed by atoms with Gasteiger partial charge < -0.3 is 10.1 Å². The van der Waals surface area contributed by atoms with Crippen LogP contribution in [0.2, 0.25) is 0 Å². The third kappa shape index (κ3) is 3.08. The molecule has 0 amide bonds. The Labute approximate surface area is 145 Å². The molecule has 0 spiro atoms. The lowest BCUT2D eigenvalue weighted by Gasteiger charge is -2.10. The van der Waals surface area contributed by atoms with E-state index in [2.05, 4.69) is 15.3 Å². The molecule has 4 rings (SSSR count). The number of rotatable bonds is 3. The van der Waals surface area contributed by atoms with E-state index in [1.54, 1.807) is 6.20 Å². The van der Waals surface area contributed by atoms with Crippen LogP contribution in [0.15, 0.2) is 66.0 Å². The molecule has 124 valence electrons. The topological polar surface area (TPSA) is 64.1 Å². The third-order valence-electron chi connectivity index (χ3n) is 4.22. The summed E-state index contributed by atoms with van der Waals surface area (Å²) in [4.78, 5) is 20.8. The SMILES string of the molecule is C/C(Nc1cccc(-c2cnc3ccccc3n2)c1)=C1/CCOC1=O. The van der Waals surface area contributed by atoms with Gasteiger partial charge in [-0.2, -0.15) is 0 Å². The number of carbonyl (C=O) groups is 1. The number of aromatic nitrogens is 2. The summed E-state index contributed by atoms with van der Waals surface area (Å²) in [5.41, 5.74) is 5.95. The van der Waals surface area contributed by atoms with Crippen molar-refractivity contribution >= 4 is 22.7 Å². The van der Waals surface area contributed by atoms with Gasteiger partial charge in [-0.05, 0) is 31.2 Å². The minimum atomic E-state index is -0.235. The molecule has 0 atom stereocenters. The zero-order valence-corrected chi connectivity index (χ0v) is 13.8. The highest BCUT2D eigenvalue weighted by Gasteiger charge is 2.21. The molecule has 0 bridgehead atoms. The zero-order valence-electron chi connectivity index (χ0n) is 13.8. The minimum Gasteiger partial charge on any atom is -0.462 e. The smallest absolute Gasteiger partial charge is 0.335 e. The lowest BCUT2D eigenvalue weighted by atomic mass is 10.1. The maximum Gasteiger partial charge on any atom is 0.335 e. The number of nitrogens with one attached hydrogen (secondary N) is 1. The molecule has 0 aliphatic carbocycles. The maximum atomic E-state index is 11.7. The molecule has 2 heterocycles. The molecular formula is C20H17N3O2. The number of fused-ring (bicyclic) bond motifs is 1. The van der Waals surface area contributed by atoms with Crippen molar-refractivity contribution < 1.29 is 9.53 Å². The van der Waals surface area contributed by atoms with E-state index >= 15 is 0 Å². The Kier molecular flexibility index (Phi) is 3.90. The summed E-state index contributed by atoms with van der Waals surface area (Å²) in [6.07, 6.45) is 2.43. The van der Waals surface area contributed by atoms with Crippen LogP contribution in [0.5, 0.6) is 0 Å². The average molecular weight is 331 g/mol. The number of esters is 1. The highest BCUT2D eigenvalue weighted by Crippen LogP contribution is 2.24. The number of allylic oxidation sites excluding steroid dienone is 1. The van der Waals surface area contributed by atoms with Crippen molar-refractivity contribution in [2.75, 3.05) is 11.9 Å². The van der Waals surface area contributed by atoms with Gasteiger partial charge in [0.25, 0.3) is 0 Å². The highest BCUT2D eigenvalue weighted by molar-refractivity contribution is 5.91. The lowest BCUT2D eigenvalue weighted by Crippen LogP contribution is -2.04. The fourth-order valence-electron chi connectivity index (χ4n) is 2.92. The Bertz CT molecular complexity index is 995. The fraction of sp³-hybridized carbons (Fsp3) is 0.150. The minimum absolute atomic E-state index is 0.235. The van der Waals surface area contributed by atoms with Crippen LogP contribution in [-0.4, -0.2) is 22.5 Å². The Hall–Kier alpha value is -3.21. The molecule has 0 unspecified atom stereocenters. The molecule has 1 saturated heterocycles. The monoisotopic (exact) mass is 331 g/mol. The van der Waals surface area contributed by atoms with E-state index in [1.165, 1.54) is 0 Å². The van der Waals surface area contributed by atoms with Crippen molar-refractivity contribution in [2.45, 2.75) is 13.3 Å². The zero-order chi connectivity index (χ0) is 17.2. The lowest BCUT2D eigenvalue weighted by molar-refractivity contribution is -0.135. The first kappa shape index (κ1) is 15.3. The van der Waals surface area contributed by atoms with Gasteiger partial charge in [-0.3, -0.25) is 4.98 Å². The summed E-state index contributed by atoms with van der Waals surface area (Å²) in [5.74, 6) is -0.235. The molecule has 0 radical (unpaired) electrons. The second kappa shape index (κ2) is 6.36. The van der Waals surface area contributed by atoms with Gasteiger partial charge in [0.2, 0.25) is 0 Å². The van der Waals surface area contributed by atoms with Crippen LogP contribution >= 0.6 is 0 Å². The van der Waals surface area contributed by atoms with Crippen LogP contribution in [0, 0.1) is 0 Å². The first-order valence-electron chi connectivity index (χ1n) is 8.17. The Morgan fingerprint density at radius 3 is 2.76 bits per heavy atom. The molecule has 1 aliphatic heterocycles. The summed E-state index contributed by atoms with van der Waals surface area (Å²) < 4.78 is 5.00. The molecule has 1 aliphatic rings. The first-order chi connectivity index (χ1) is 12.2. The van der Waals surface area contributed by atoms with Crippen molar-refractivity contribution in [3.8, 4) is 11.3 Å². The Morgan fingerprint density at radius 2 is 1.96 bits per heavy atom. The van der Waals surface area contributed by atoms with E-state index in [1.807, 2.05) is 55.5 Å². The molecule has 2 aromatic carbocycles. The van der Waals surface area contributed by atoms with E-state index in [4.69, 9.17) is 4.74 Å². The van der Waals surface area contributed by atoms with Gasteiger partial charge in [-0.1, -0.05) is 24.3 Å². The number of hydrogen-bond donors (Lipinski definition) is 1. The molecule has 3 aromatic rings. The molecule has 0 saturated carbocycles. The van der Waals surface area contributed by atoms with Crippen molar-refractivity contribution in [1.82, 2.24) is 9.97 Å². The number of carbonyl (C=O) groups excluding carboxylic acids is 1.